The Bertz CT molecular complexity index is 140. The number of ether oxygens (including phenoxy) is 1. The van der Waals surface area contributed by atoms with E-state index < -0.39 is 0 Å². The number of rotatable bonds is 5. The second-order valence-electron chi connectivity index (χ2n) is 2.16. The van der Waals surface area contributed by atoms with Gasteiger partial charge in [0.2, 0.25) is 0 Å². The Balaban J connectivity index is 3.38. The van der Waals surface area contributed by atoms with Gasteiger partial charge in [-0.3, -0.25) is 9.59 Å². The average molecular weight is 157 g/mol. The molecule has 0 N–H and O–H groups in total. The summed E-state index contributed by atoms with van der Waals surface area (Å²) in [4.78, 5) is 21.3. The van der Waals surface area contributed by atoms with Gasteiger partial charge in [0.1, 0.15) is 6.61 Å². The van der Waals surface area contributed by atoms with Crippen molar-refractivity contribution in [1.82, 2.24) is 0 Å². The van der Waals surface area contributed by atoms with Gasteiger partial charge in [-0.05, 0) is 6.42 Å². The zero-order chi connectivity index (χ0) is 8.69. The normalized spacial score (nSPS) is 9.27. The quantitative estimate of drug-likeness (QED) is 0.562. The monoisotopic (exact) mass is 157 g/mol. The van der Waals surface area contributed by atoms with Crippen molar-refractivity contribution in [2.75, 3.05) is 6.61 Å². The molecule has 0 atom stereocenters. The Kier molecular flexibility index (Phi) is 5.43. The maximum atomic E-state index is 10.6. The lowest BCUT2D eigenvalue weighted by Crippen LogP contribution is -2.12. The van der Waals surface area contributed by atoms with E-state index in [0.717, 1.165) is 0 Å². The molecule has 3 nitrogen and oxygen atoms in total. The highest BCUT2D eigenvalue weighted by Gasteiger charge is 2.03. The predicted octanol–water partition coefficient (Wildman–Crippen LogP) is 1.12. The molecule has 0 aromatic rings. The van der Waals surface area contributed by atoms with Gasteiger partial charge in [-0.2, -0.15) is 0 Å². The van der Waals surface area contributed by atoms with E-state index >= 15 is 0 Å². The molecule has 0 aromatic carbocycles. The molecule has 0 fully saturated rings. The van der Waals surface area contributed by atoms with Crippen LogP contribution in [0.4, 0.5) is 0 Å². The summed E-state index contributed by atoms with van der Waals surface area (Å²) in [6, 6.07) is 0. The summed E-state index contributed by atoms with van der Waals surface area (Å²) in [5, 5.41) is 0. The number of ketones is 1. The number of esters is 1. The number of carbonyl (C=O) groups is 2. The van der Waals surface area contributed by atoms with E-state index in [-0.39, 0.29) is 24.8 Å². The summed E-state index contributed by atoms with van der Waals surface area (Å²) in [5.41, 5.74) is 0. The first-order valence-electron chi connectivity index (χ1n) is 3.67. The molecule has 0 amide bonds. The molecular formula is C8H13O3. The average Bonchev–Trinajstić information content (AvgIpc) is 2.01. The van der Waals surface area contributed by atoms with Crippen LogP contribution in [0.5, 0.6) is 0 Å². The molecule has 0 aliphatic heterocycles. The topological polar surface area (TPSA) is 43.4 Å². The molecule has 0 rings (SSSR count). The summed E-state index contributed by atoms with van der Waals surface area (Å²) >= 11 is 0. The van der Waals surface area contributed by atoms with E-state index in [2.05, 4.69) is 11.7 Å². The SMILES string of the molecule is [CH2]CCC(=O)OCC(=O)CC. The first-order chi connectivity index (χ1) is 5.20. The standard InChI is InChI=1S/C8H13O3/c1-3-5-8(10)11-6-7(9)4-2/h1,3-6H2,2H3. The molecule has 0 aromatic heterocycles. The molecule has 11 heavy (non-hydrogen) atoms. The van der Waals surface area contributed by atoms with Crippen molar-refractivity contribution < 1.29 is 14.3 Å². The molecule has 0 spiro atoms. The molecule has 63 valence electrons. The lowest BCUT2D eigenvalue weighted by Gasteiger charge is -2.00. The lowest BCUT2D eigenvalue weighted by molar-refractivity contribution is -0.147. The Morgan fingerprint density at radius 3 is 2.55 bits per heavy atom. The second-order valence-corrected chi connectivity index (χ2v) is 2.16. The minimum atomic E-state index is -0.346. The van der Waals surface area contributed by atoms with Gasteiger partial charge in [0.05, 0.1) is 0 Å². The van der Waals surface area contributed by atoms with Crippen LogP contribution >= 0.6 is 0 Å². The molecule has 0 aliphatic carbocycles. The van der Waals surface area contributed by atoms with Crippen LogP contribution < -0.4 is 0 Å². The smallest absolute Gasteiger partial charge is 0.306 e. The summed E-state index contributed by atoms with van der Waals surface area (Å²) in [6.45, 7) is 5.13. The van der Waals surface area contributed by atoms with Crippen LogP contribution in [0.3, 0.4) is 0 Å². The van der Waals surface area contributed by atoms with Crippen molar-refractivity contribution in [2.24, 2.45) is 0 Å². The van der Waals surface area contributed by atoms with Crippen molar-refractivity contribution in [1.29, 1.82) is 0 Å². The zero-order valence-electron chi connectivity index (χ0n) is 6.76. The van der Waals surface area contributed by atoms with Gasteiger partial charge in [-0.15, -0.1) is 0 Å². The minimum Gasteiger partial charge on any atom is -0.458 e. The first-order valence-corrected chi connectivity index (χ1v) is 3.67. The van der Waals surface area contributed by atoms with Gasteiger partial charge in [0.25, 0.3) is 0 Å². The number of hydrogen-bond donors (Lipinski definition) is 0. The molecule has 0 saturated carbocycles. The van der Waals surface area contributed by atoms with Crippen molar-refractivity contribution in [3.63, 3.8) is 0 Å². The van der Waals surface area contributed by atoms with Crippen LogP contribution in [0.1, 0.15) is 26.2 Å². The van der Waals surface area contributed by atoms with Crippen LogP contribution in [0, 0.1) is 6.92 Å². The first kappa shape index (κ1) is 10.1. The van der Waals surface area contributed by atoms with E-state index in [9.17, 15) is 9.59 Å². The maximum absolute atomic E-state index is 10.6. The van der Waals surface area contributed by atoms with E-state index in [1.54, 1.807) is 6.92 Å². The van der Waals surface area contributed by atoms with Gasteiger partial charge in [-0.25, -0.2) is 0 Å². The van der Waals surface area contributed by atoms with E-state index in [1.165, 1.54) is 0 Å². The molecule has 0 bridgehead atoms. The van der Waals surface area contributed by atoms with Crippen LogP contribution in [0.15, 0.2) is 0 Å². The number of hydrogen-bond acceptors (Lipinski definition) is 3. The zero-order valence-corrected chi connectivity index (χ0v) is 6.76. The largest absolute Gasteiger partial charge is 0.458 e. The van der Waals surface area contributed by atoms with Crippen LogP contribution in [0.25, 0.3) is 0 Å². The Hall–Kier alpha value is -0.860. The van der Waals surface area contributed by atoms with Crippen molar-refractivity contribution in [3.8, 4) is 0 Å². The van der Waals surface area contributed by atoms with Crippen LogP contribution in [-0.2, 0) is 14.3 Å². The maximum Gasteiger partial charge on any atom is 0.306 e. The third-order valence-corrected chi connectivity index (χ3v) is 1.17. The summed E-state index contributed by atoms with van der Waals surface area (Å²) in [7, 11) is 0. The molecule has 1 radical (unpaired) electrons. The predicted molar refractivity (Wildman–Crippen MR) is 40.8 cm³/mol. The molecule has 0 heterocycles. The third-order valence-electron chi connectivity index (χ3n) is 1.17. The molecule has 0 aliphatic rings. The Morgan fingerprint density at radius 1 is 1.45 bits per heavy atom. The Morgan fingerprint density at radius 2 is 2.09 bits per heavy atom. The summed E-state index contributed by atoms with van der Waals surface area (Å²) in [5.74, 6) is -0.399. The van der Waals surface area contributed by atoms with E-state index in [0.29, 0.717) is 12.8 Å². The summed E-state index contributed by atoms with van der Waals surface area (Å²) < 4.78 is 4.61. The van der Waals surface area contributed by atoms with E-state index in [1.807, 2.05) is 0 Å². The molecule has 0 unspecified atom stereocenters. The highest BCUT2D eigenvalue weighted by Crippen LogP contribution is 1.91. The fourth-order valence-electron chi connectivity index (χ4n) is 0.480. The lowest BCUT2D eigenvalue weighted by atomic mass is 10.3. The number of Topliss-reactive ketones (excluding diaryl/α,β-unsaturated/α-hetero) is 1. The third kappa shape index (κ3) is 5.58. The Labute approximate surface area is 66.7 Å². The highest BCUT2D eigenvalue weighted by atomic mass is 16.5. The highest BCUT2D eigenvalue weighted by molar-refractivity contribution is 5.82. The molecule has 3 heteroatoms. The molecule has 0 saturated heterocycles. The second kappa shape index (κ2) is 5.89. The van der Waals surface area contributed by atoms with Gasteiger partial charge < -0.3 is 4.74 Å². The van der Waals surface area contributed by atoms with Crippen LogP contribution in [-0.4, -0.2) is 18.4 Å². The van der Waals surface area contributed by atoms with Gasteiger partial charge in [0, 0.05) is 12.8 Å². The van der Waals surface area contributed by atoms with E-state index in [4.69, 9.17) is 0 Å². The van der Waals surface area contributed by atoms with Crippen molar-refractivity contribution >= 4 is 11.8 Å². The van der Waals surface area contributed by atoms with Crippen LogP contribution in [0.2, 0.25) is 0 Å². The molecular weight excluding hydrogens is 144 g/mol. The fourth-order valence-corrected chi connectivity index (χ4v) is 0.480. The van der Waals surface area contributed by atoms with Gasteiger partial charge >= 0.3 is 5.97 Å². The van der Waals surface area contributed by atoms with Gasteiger partial charge in [-0.1, -0.05) is 13.8 Å². The van der Waals surface area contributed by atoms with Crippen molar-refractivity contribution in [3.05, 3.63) is 6.92 Å². The van der Waals surface area contributed by atoms with Gasteiger partial charge in [0.15, 0.2) is 5.78 Å². The fraction of sp³-hybridized carbons (Fsp3) is 0.625. The van der Waals surface area contributed by atoms with Crippen molar-refractivity contribution in [2.45, 2.75) is 26.2 Å². The minimum absolute atomic E-state index is 0.0533. The summed E-state index contributed by atoms with van der Waals surface area (Å²) in [6.07, 6.45) is 1.22. The number of carbonyl (C=O) groups excluding carboxylic acids is 2.